The number of rotatable bonds is 4. The lowest BCUT2D eigenvalue weighted by Gasteiger charge is -2.34. The minimum absolute atomic E-state index is 0.0331. The summed E-state index contributed by atoms with van der Waals surface area (Å²) < 4.78 is 27.1. The van der Waals surface area contributed by atoms with Crippen LogP contribution in [0.15, 0.2) is 23.1 Å². The van der Waals surface area contributed by atoms with Crippen LogP contribution in [0.1, 0.15) is 25.7 Å². The smallest absolute Gasteiger partial charge is 0.244 e. The molecule has 27 heavy (non-hydrogen) atoms. The van der Waals surface area contributed by atoms with E-state index in [0.29, 0.717) is 37.7 Å². The van der Waals surface area contributed by atoms with Gasteiger partial charge in [-0.05, 0) is 31.0 Å². The van der Waals surface area contributed by atoms with E-state index < -0.39 is 10.0 Å². The van der Waals surface area contributed by atoms with Crippen molar-refractivity contribution in [2.24, 2.45) is 0 Å². The van der Waals surface area contributed by atoms with Crippen molar-refractivity contribution in [3.63, 3.8) is 0 Å². The minimum Gasteiger partial charge on any atom is -0.342 e. The summed E-state index contributed by atoms with van der Waals surface area (Å²) >= 11 is 12.0. The van der Waals surface area contributed by atoms with E-state index in [1.54, 1.807) is 6.07 Å². The average molecular weight is 434 g/mol. The van der Waals surface area contributed by atoms with Crippen LogP contribution in [0.5, 0.6) is 0 Å². The van der Waals surface area contributed by atoms with E-state index >= 15 is 0 Å². The normalized spacial score (nSPS) is 20.4. The summed E-state index contributed by atoms with van der Waals surface area (Å²) in [7, 11) is -3.70. The Hall–Kier alpha value is -0.860. The number of hydrogen-bond donors (Lipinski definition) is 0. The molecule has 9 heteroatoms. The van der Waals surface area contributed by atoms with Gasteiger partial charge in [0.1, 0.15) is 4.90 Å². The molecule has 0 bridgehead atoms. The number of piperazine rings is 1. The summed E-state index contributed by atoms with van der Waals surface area (Å²) in [6.07, 6.45) is 4.51. The molecule has 2 aliphatic heterocycles. The molecule has 2 fully saturated rings. The van der Waals surface area contributed by atoms with Crippen molar-refractivity contribution in [2.45, 2.75) is 30.6 Å². The maximum Gasteiger partial charge on any atom is 0.244 e. The molecule has 0 atom stereocenters. The van der Waals surface area contributed by atoms with Gasteiger partial charge in [-0.2, -0.15) is 4.31 Å². The number of likely N-dealkylation sites (tertiary alicyclic amines) is 1. The predicted molar refractivity (Wildman–Crippen MR) is 107 cm³/mol. The van der Waals surface area contributed by atoms with E-state index in [4.69, 9.17) is 23.2 Å². The summed E-state index contributed by atoms with van der Waals surface area (Å²) in [6.45, 7) is 3.73. The largest absolute Gasteiger partial charge is 0.342 e. The number of sulfonamides is 1. The van der Waals surface area contributed by atoms with E-state index in [-0.39, 0.29) is 15.8 Å². The highest BCUT2D eigenvalue weighted by molar-refractivity contribution is 7.89. The Morgan fingerprint density at radius 2 is 1.56 bits per heavy atom. The number of benzene rings is 1. The maximum absolute atomic E-state index is 12.9. The molecule has 1 amide bonds. The molecular formula is C18H25Cl2N3O3S. The highest BCUT2D eigenvalue weighted by atomic mass is 35.5. The van der Waals surface area contributed by atoms with Crippen LogP contribution in [0.3, 0.4) is 0 Å². The first-order valence-electron chi connectivity index (χ1n) is 9.33. The van der Waals surface area contributed by atoms with Crippen LogP contribution in [-0.4, -0.2) is 74.2 Å². The number of hydrogen-bond acceptors (Lipinski definition) is 4. The van der Waals surface area contributed by atoms with Gasteiger partial charge >= 0.3 is 0 Å². The molecular weight excluding hydrogens is 409 g/mol. The second-order valence-electron chi connectivity index (χ2n) is 7.05. The number of carbonyl (C=O) groups excluding carboxylic acids is 1. The van der Waals surface area contributed by atoms with Crippen molar-refractivity contribution in [1.82, 2.24) is 14.1 Å². The van der Waals surface area contributed by atoms with E-state index in [9.17, 15) is 13.2 Å². The monoisotopic (exact) mass is 433 g/mol. The molecule has 150 valence electrons. The van der Waals surface area contributed by atoms with Crippen LogP contribution in [0.2, 0.25) is 10.0 Å². The highest BCUT2D eigenvalue weighted by Gasteiger charge is 2.31. The predicted octanol–water partition coefficient (Wildman–Crippen LogP) is 2.70. The Bertz CT molecular complexity index is 772. The first-order chi connectivity index (χ1) is 12.9. The number of halogens is 2. The molecule has 2 saturated heterocycles. The second kappa shape index (κ2) is 9.09. The fourth-order valence-corrected chi connectivity index (χ4v) is 5.71. The number of carbonyl (C=O) groups is 1. The molecule has 0 aromatic heterocycles. The first-order valence-corrected chi connectivity index (χ1v) is 11.5. The van der Waals surface area contributed by atoms with Crippen molar-refractivity contribution in [3.8, 4) is 0 Å². The molecule has 1 aromatic carbocycles. The van der Waals surface area contributed by atoms with E-state index in [0.717, 1.165) is 25.9 Å². The zero-order valence-corrected chi connectivity index (χ0v) is 17.6. The zero-order chi connectivity index (χ0) is 19.4. The van der Waals surface area contributed by atoms with Gasteiger partial charge in [-0.1, -0.05) is 36.0 Å². The Labute approximate surface area is 171 Å². The standard InChI is InChI=1S/C18H25Cl2N3O3S/c19-15-5-6-16(20)17(13-15)27(25,26)23-11-9-21(10-12-23)14-18(24)22-7-3-1-2-4-8-22/h5-6,13H,1-4,7-12,14H2. The molecule has 6 nitrogen and oxygen atoms in total. The molecule has 2 heterocycles. The Kier molecular flexibility index (Phi) is 7.03. The van der Waals surface area contributed by atoms with Crippen LogP contribution in [0.25, 0.3) is 0 Å². The third-order valence-electron chi connectivity index (χ3n) is 5.16. The summed E-state index contributed by atoms with van der Waals surface area (Å²) in [5.41, 5.74) is 0. The average Bonchev–Trinajstić information content (AvgIpc) is 2.93. The van der Waals surface area contributed by atoms with Gasteiger partial charge in [0.05, 0.1) is 11.6 Å². The fraction of sp³-hybridized carbons (Fsp3) is 0.611. The molecule has 0 N–H and O–H groups in total. The Balaban J connectivity index is 1.58. The summed E-state index contributed by atoms with van der Waals surface area (Å²) in [5.74, 6) is 0.145. The van der Waals surface area contributed by atoms with Crippen molar-refractivity contribution in [2.75, 3.05) is 45.8 Å². The van der Waals surface area contributed by atoms with Crippen molar-refractivity contribution in [3.05, 3.63) is 28.2 Å². The second-order valence-corrected chi connectivity index (χ2v) is 9.80. The van der Waals surface area contributed by atoms with Crippen LogP contribution in [0, 0.1) is 0 Å². The van der Waals surface area contributed by atoms with Gasteiger partial charge in [0, 0.05) is 44.3 Å². The van der Waals surface area contributed by atoms with E-state index in [2.05, 4.69) is 0 Å². The lowest BCUT2D eigenvalue weighted by molar-refractivity contribution is -0.132. The lowest BCUT2D eigenvalue weighted by atomic mass is 10.2. The van der Waals surface area contributed by atoms with Gasteiger partial charge in [-0.15, -0.1) is 0 Å². The van der Waals surface area contributed by atoms with Gasteiger partial charge in [-0.3, -0.25) is 9.69 Å². The fourth-order valence-electron chi connectivity index (χ4n) is 3.55. The Morgan fingerprint density at radius 1 is 0.926 bits per heavy atom. The Morgan fingerprint density at radius 3 is 2.19 bits per heavy atom. The highest BCUT2D eigenvalue weighted by Crippen LogP contribution is 2.28. The topological polar surface area (TPSA) is 60.9 Å². The van der Waals surface area contributed by atoms with Gasteiger partial charge in [-0.25, -0.2) is 8.42 Å². The van der Waals surface area contributed by atoms with Crippen LogP contribution in [0.4, 0.5) is 0 Å². The van der Waals surface area contributed by atoms with Crippen LogP contribution >= 0.6 is 23.2 Å². The number of nitrogens with zero attached hydrogens (tertiary/aromatic N) is 3. The van der Waals surface area contributed by atoms with Gasteiger partial charge in [0.2, 0.25) is 15.9 Å². The SMILES string of the molecule is O=C(CN1CCN(S(=O)(=O)c2cc(Cl)ccc2Cl)CC1)N1CCCCCC1. The number of amides is 1. The van der Waals surface area contributed by atoms with Crippen LogP contribution < -0.4 is 0 Å². The molecule has 0 saturated carbocycles. The molecule has 0 spiro atoms. The summed E-state index contributed by atoms with van der Waals surface area (Å²) in [6, 6.07) is 4.44. The zero-order valence-electron chi connectivity index (χ0n) is 15.2. The van der Waals surface area contributed by atoms with Crippen molar-refractivity contribution in [1.29, 1.82) is 0 Å². The van der Waals surface area contributed by atoms with E-state index in [1.807, 2.05) is 9.80 Å². The molecule has 3 rings (SSSR count). The molecule has 2 aliphatic rings. The van der Waals surface area contributed by atoms with Gasteiger partial charge in [0.25, 0.3) is 0 Å². The molecule has 1 aromatic rings. The quantitative estimate of drug-likeness (QED) is 0.731. The third-order valence-corrected chi connectivity index (χ3v) is 7.78. The van der Waals surface area contributed by atoms with Crippen molar-refractivity contribution < 1.29 is 13.2 Å². The van der Waals surface area contributed by atoms with Gasteiger partial charge < -0.3 is 4.90 Å². The first kappa shape index (κ1) is 20.9. The van der Waals surface area contributed by atoms with Crippen molar-refractivity contribution >= 4 is 39.1 Å². The molecule has 0 unspecified atom stereocenters. The minimum atomic E-state index is -3.70. The van der Waals surface area contributed by atoms with E-state index in [1.165, 1.54) is 29.3 Å². The molecule has 0 aliphatic carbocycles. The summed E-state index contributed by atoms with van der Waals surface area (Å²) in [4.78, 5) is 16.5. The van der Waals surface area contributed by atoms with Crippen LogP contribution in [-0.2, 0) is 14.8 Å². The summed E-state index contributed by atoms with van der Waals surface area (Å²) in [5, 5.41) is 0.498. The third kappa shape index (κ3) is 5.15. The lowest BCUT2D eigenvalue weighted by Crippen LogP contribution is -2.51. The molecule has 0 radical (unpaired) electrons. The maximum atomic E-state index is 12.9. The van der Waals surface area contributed by atoms with Gasteiger partial charge in [0.15, 0.2) is 0 Å².